The predicted octanol–water partition coefficient (Wildman–Crippen LogP) is 2.23. The fourth-order valence-electron chi connectivity index (χ4n) is 2.44. The molecule has 1 aliphatic rings. The van der Waals surface area contributed by atoms with Crippen LogP contribution >= 0.6 is 0 Å². The normalized spacial score (nSPS) is 23.4. The Morgan fingerprint density at radius 3 is 2.65 bits per heavy atom. The highest BCUT2D eigenvalue weighted by Crippen LogP contribution is 2.37. The van der Waals surface area contributed by atoms with E-state index in [4.69, 9.17) is 0 Å². The fourth-order valence-corrected chi connectivity index (χ4v) is 2.44. The van der Waals surface area contributed by atoms with Gasteiger partial charge in [-0.3, -0.25) is 9.59 Å². The summed E-state index contributed by atoms with van der Waals surface area (Å²) in [6.45, 7) is 0. The Hall–Kier alpha value is -1.79. The number of amides is 1. The average Bonchev–Trinajstić information content (AvgIpc) is 2.38. The van der Waals surface area contributed by atoms with Crippen molar-refractivity contribution in [1.82, 2.24) is 10.3 Å². The first-order valence-electron chi connectivity index (χ1n) is 6.42. The molecule has 2 N–H and O–H groups in total. The highest BCUT2D eigenvalue weighted by molar-refractivity contribution is 5.93. The Morgan fingerprint density at radius 1 is 1.30 bits per heavy atom. The summed E-state index contributed by atoms with van der Waals surface area (Å²) in [5, 5.41) is 2.60. The first-order valence-corrected chi connectivity index (χ1v) is 6.42. The second-order valence-electron chi connectivity index (χ2n) is 5.02. The van der Waals surface area contributed by atoms with Crippen molar-refractivity contribution in [3.63, 3.8) is 0 Å². The van der Waals surface area contributed by atoms with Crippen LogP contribution in [0, 0.1) is 5.92 Å². The lowest BCUT2D eigenvalue weighted by Crippen LogP contribution is -2.41. The highest BCUT2D eigenvalue weighted by Gasteiger charge is 2.42. The van der Waals surface area contributed by atoms with Crippen LogP contribution in [0.2, 0.25) is 0 Å². The third kappa shape index (κ3) is 3.61. The van der Waals surface area contributed by atoms with Gasteiger partial charge in [-0.2, -0.15) is 13.2 Å². The molecule has 0 radical (unpaired) electrons. The molecule has 110 valence electrons. The van der Waals surface area contributed by atoms with Crippen molar-refractivity contribution in [3.05, 3.63) is 34.2 Å². The molecule has 0 bridgehead atoms. The summed E-state index contributed by atoms with van der Waals surface area (Å²) >= 11 is 0. The van der Waals surface area contributed by atoms with E-state index in [1.165, 1.54) is 18.3 Å². The lowest BCUT2D eigenvalue weighted by Gasteiger charge is -2.31. The number of H-pyrrole nitrogens is 1. The molecule has 1 fully saturated rings. The minimum atomic E-state index is -4.21. The van der Waals surface area contributed by atoms with Crippen molar-refractivity contribution >= 4 is 5.91 Å². The lowest BCUT2D eigenvalue weighted by molar-refractivity contribution is -0.183. The molecule has 2 atom stereocenters. The van der Waals surface area contributed by atoms with Gasteiger partial charge < -0.3 is 10.3 Å². The second kappa shape index (κ2) is 5.68. The van der Waals surface area contributed by atoms with Crippen LogP contribution in [-0.2, 0) is 0 Å². The summed E-state index contributed by atoms with van der Waals surface area (Å²) in [5.74, 6) is -1.81. The van der Waals surface area contributed by atoms with Crippen LogP contribution in [0.25, 0.3) is 0 Å². The zero-order valence-electron chi connectivity index (χ0n) is 10.7. The minimum absolute atomic E-state index is 0.0847. The first kappa shape index (κ1) is 14.6. The summed E-state index contributed by atoms with van der Waals surface area (Å²) in [7, 11) is 0. The topological polar surface area (TPSA) is 62.0 Å². The van der Waals surface area contributed by atoms with Crippen molar-refractivity contribution in [2.75, 3.05) is 0 Å². The van der Waals surface area contributed by atoms with Gasteiger partial charge >= 0.3 is 6.18 Å². The summed E-state index contributed by atoms with van der Waals surface area (Å²) in [5.41, 5.74) is -0.102. The van der Waals surface area contributed by atoms with E-state index in [0.29, 0.717) is 12.8 Å². The smallest absolute Gasteiger partial charge is 0.349 e. The number of carbonyl (C=O) groups excluding carboxylic acids is 1. The summed E-state index contributed by atoms with van der Waals surface area (Å²) < 4.78 is 38.0. The third-order valence-corrected chi connectivity index (χ3v) is 3.52. The minimum Gasteiger partial charge on any atom is -0.349 e. The van der Waals surface area contributed by atoms with E-state index in [-0.39, 0.29) is 24.0 Å². The van der Waals surface area contributed by atoms with Crippen LogP contribution in [0.1, 0.15) is 36.0 Å². The van der Waals surface area contributed by atoms with Gasteiger partial charge in [-0.1, -0.05) is 6.42 Å². The largest absolute Gasteiger partial charge is 0.391 e. The number of pyridine rings is 1. The molecule has 2 unspecified atom stereocenters. The maximum Gasteiger partial charge on any atom is 0.391 e. The Bertz CT molecular complexity index is 519. The molecular weight excluding hydrogens is 273 g/mol. The van der Waals surface area contributed by atoms with E-state index in [2.05, 4.69) is 10.3 Å². The monoisotopic (exact) mass is 288 g/mol. The molecule has 4 nitrogen and oxygen atoms in total. The van der Waals surface area contributed by atoms with Gasteiger partial charge in [0.1, 0.15) is 0 Å². The fraction of sp³-hybridized carbons (Fsp3) is 0.538. The van der Waals surface area contributed by atoms with Crippen LogP contribution in [0.15, 0.2) is 23.1 Å². The molecule has 2 rings (SSSR count). The van der Waals surface area contributed by atoms with Gasteiger partial charge in [-0.05, 0) is 25.3 Å². The number of hydrogen-bond acceptors (Lipinski definition) is 2. The number of nitrogens with one attached hydrogen (secondary N) is 2. The molecule has 0 aromatic carbocycles. The molecule has 1 aliphatic carbocycles. The quantitative estimate of drug-likeness (QED) is 0.876. The summed E-state index contributed by atoms with van der Waals surface area (Å²) in [6.07, 6.45) is -1.93. The number of aromatic nitrogens is 1. The molecule has 20 heavy (non-hydrogen) atoms. The number of alkyl halides is 3. The van der Waals surface area contributed by atoms with Crippen LogP contribution in [-0.4, -0.2) is 23.1 Å². The molecule has 1 heterocycles. The van der Waals surface area contributed by atoms with Crippen LogP contribution < -0.4 is 10.9 Å². The highest BCUT2D eigenvalue weighted by atomic mass is 19.4. The molecule has 1 saturated carbocycles. The van der Waals surface area contributed by atoms with Gasteiger partial charge in [0, 0.05) is 18.3 Å². The third-order valence-electron chi connectivity index (χ3n) is 3.52. The summed E-state index contributed by atoms with van der Waals surface area (Å²) in [4.78, 5) is 25.1. The number of rotatable bonds is 2. The molecule has 1 aromatic rings. The van der Waals surface area contributed by atoms with Gasteiger partial charge in [-0.25, -0.2) is 0 Å². The van der Waals surface area contributed by atoms with Crippen molar-refractivity contribution in [1.29, 1.82) is 0 Å². The molecule has 0 spiro atoms. The van der Waals surface area contributed by atoms with E-state index in [9.17, 15) is 22.8 Å². The number of aromatic amines is 1. The molecule has 0 saturated heterocycles. The van der Waals surface area contributed by atoms with Crippen LogP contribution in [0.3, 0.4) is 0 Å². The van der Waals surface area contributed by atoms with Crippen LogP contribution in [0.4, 0.5) is 13.2 Å². The predicted molar refractivity (Wildman–Crippen MR) is 66.3 cm³/mol. The molecule has 1 aromatic heterocycles. The summed E-state index contributed by atoms with van der Waals surface area (Å²) in [6, 6.07) is 2.07. The Kier molecular flexibility index (Phi) is 4.15. The number of halogens is 3. The zero-order valence-corrected chi connectivity index (χ0v) is 10.7. The second-order valence-corrected chi connectivity index (χ2v) is 5.02. The first-order chi connectivity index (χ1) is 9.36. The van der Waals surface area contributed by atoms with Gasteiger partial charge in [0.05, 0.1) is 11.5 Å². The van der Waals surface area contributed by atoms with Gasteiger partial charge in [0.2, 0.25) is 5.56 Å². The molecular formula is C13H15F3N2O2. The Morgan fingerprint density at radius 2 is 2.05 bits per heavy atom. The van der Waals surface area contributed by atoms with Gasteiger partial charge in [0.15, 0.2) is 0 Å². The standard InChI is InChI=1S/C13H15F3N2O2/c14-13(15,16)9-2-1-3-10(6-9)18-12(20)8-4-5-11(19)17-7-8/h4-5,7,9-10H,1-3,6H2,(H,17,19)(H,18,20). The molecule has 7 heteroatoms. The van der Waals surface area contributed by atoms with E-state index in [1.807, 2.05) is 0 Å². The Balaban J connectivity index is 1.97. The van der Waals surface area contributed by atoms with E-state index in [0.717, 1.165) is 0 Å². The van der Waals surface area contributed by atoms with E-state index >= 15 is 0 Å². The van der Waals surface area contributed by atoms with Gasteiger partial charge in [0.25, 0.3) is 5.91 Å². The van der Waals surface area contributed by atoms with Crippen molar-refractivity contribution in [2.45, 2.75) is 37.9 Å². The van der Waals surface area contributed by atoms with Gasteiger partial charge in [-0.15, -0.1) is 0 Å². The maximum atomic E-state index is 12.7. The van der Waals surface area contributed by atoms with Crippen molar-refractivity contribution in [2.24, 2.45) is 5.92 Å². The number of carbonyl (C=O) groups is 1. The van der Waals surface area contributed by atoms with Crippen LogP contribution in [0.5, 0.6) is 0 Å². The Labute approximate surface area is 113 Å². The van der Waals surface area contributed by atoms with E-state index < -0.39 is 24.0 Å². The SMILES string of the molecule is O=C(NC1CCCC(C(F)(F)F)C1)c1ccc(=O)[nH]c1. The van der Waals surface area contributed by atoms with Crippen molar-refractivity contribution < 1.29 is 18.0 Å². The zero-order chi connectivity index (χ0) is 14.8. The maximum absolute atomic E-state index is 12.7. The average molecular weight is 288 g/mol. The number of hydrogen-bond donors (Lipinski definition) is 2. The van der Waals surface area contributed by atoms with Crippen molar-refractivity contribution in [3.8, 4) is 0 Å². The lowest BCUT2D eigenvalue weighted by atomic mass is 9.85. The molecule has 0 aliphatic heterocycles. The van der Waals surface area contributed by atoms with E-state index in [1.54, 1.807) is 0 Å². The molecule has 1 amide bonds.